The van der Waals surface area contributed by atoms with E-state index in [2.05, 4.69) is 10.0 Å². The molecule has 0 spiro atoms. The van der Waals surface area contributed by atoms with E-state index >= 15 is 0 Å². The van der Waals surface area contributed by atoms with Crippen LogP contribution in [-0.4, -0.2) is 37.7 Å². The Bertz CT molecular complexity index is 1380. The molecule has 0 radical (unpaired) electrons. The number of amides is 1. The number of nitrogens with one attached hydrogen (secondary N) is 2. The van der Waals surface area contributed by atoms with E-state index in [0.717, 1.165) is 23.8 Å². The van der Waals surface area contributed by atoms with Gasteiger partial charge in [0.15, 0.2) is 0 Å². The second-order valence-corrected chi connectivity index (χ2v) is 11.2. The Morgan fingerprint density at radius 3 is 2.53 bits per heavy atom. The standard InChI is InChI=1S/C26H26ClFN2O5S/c1-26(2)24(31)23(30-36(33,34)18-9-10-21(28)20(27)15-18)19-14-17(8-11-22(19)35-26)25(32)29-13-12-16-6-4-3-5-7-16/h3-11,14-15,23-24,30-31H,12-13H2,1-2H3,(H,29,32)/t23-,24+/m1/s1. The first-order valence-corrected chi connectivity index (χ1v) is 13.1. The molecule has 1 heterocycles. The lowest BCUT2D eigenvalue weighted by atomic mass is 9.86. The number of fused-ring (bicyclic) bond motifs is 1. The smallest absolute Gasteiger partial charge is 0.251 e. The number of ether oxygens (including phenoxy) is 1. The number of hydrogen-bond acceptors (Lipinski definition) is 5. The van der Waals surface area contributed by atoms with Crippen molar-refractivity contribution in [2.45, 2.75) is 42.9 Å². The van der Waals surface area contributed by atoms with Crippen molar-refractivity contribution in [3.05, 3.63) is 94.3 Å². The maximum Gasteiger partial charge on any atom is 0.251 e. The molecule has 1 aliphatic heterocycles. The molecular formula is C26H26ClFN2O5S. The number of aliphatic hydroxyl groups excluding tert-OH is 1. The van der Waals surface area contributed by atoms with Crippen LogP contribution in [0.2, 0.25) is 5.02 Å². The van der Waals surface area contributed by atoms with E-state index in [1.54, 1.807) is 26.0 Å². The van der Waals surface area contributed by atoms with Crippen molar-refractivity contribution in [1.29, 1.82) is 0 Å². The van der Waals surface area contributed by atoms with Crippen LogP contribution in [0.25, 0.3) is 0 Å². The van der Waals surface area contributed by atoms with Crippen LogP contribution in [0.3, 0.4) is 0 Å². The Kier molecular flexibility index (Phi) is 7.38. The first-order chi connectivity index (χ1) is 17.0. The van der Waals surface area contributed by atoms with Gasteiger partial charge < -0.3 is 15.2 Å². The van der Waals surface area contributed by atoms with Crippen molar-refractivity contribution in [3.8, 4) is 5.75 Å². The van der Waals surface area contributed by atoms with E-state index in [9.17, 15) is 22.7 Å². The van der Waals surface area contributed by atoms with E-state index in [0.29, 0.717) is 24.3 Å². The highest BCUT2D eigenvalue weighted by Crippen LogP contribution is 2.41. The fourth-order valence-electron chi connectivity index (χ4n) is 4.02. The summed E-state index contributed by atoms with van der Waals surface area (Å²) in [5.41, 5.74) is 0.526. The number of halogens is 2. The molecule has 0 aromatic heterocycles. The van der Waals surface area contributed by atoms with Crippen LogP contribution >= 0.6 is 11.6 Å². The average molecular weight is 533 g/mol. The molecule has 3 N–H and O–H groups in total. The van der Waals surface area contributed by atoms with Crippen LogP contribution in [0.4, 0.5) is 4.39 Å². The maximum atomic E-state index is 13.6. The van der Waals surface area contributed by atoms with Crippen LogP contribution in [0.15, 0.2) is 71.6 Å². The first-order valence-electron chi connectivity index (χ1n) is 11.3. The van der Waals surface area contributed by atoms with Crippen LogP contribution in [0, 0.1) is 5.82 Å². The van der Waals surface area contributed by atoms with E-state index in [1.165, 1.54) is 6.07 Å². The third-order valence-electron chi connectivity index (χ3n) is 6.03. The highest BCUT2D eigenvalue weighted by atomic mass is 35.5. The maximum absolute atomic E-state index is 13.6. The van der Waals surface area contributed by atoms with Crippen LogP contribution in [0.5, 0.6) is 5.75 Å². The number of benzene rings is 3. The lowest BCUT2D eigenvalue weighted by molar-refractivity contribution is -0.0603. The predicted molar refractivity (Wildman–Crippen MR) is 134 cm³/mol. The van der Waals surface area contributed by atoms with Gasteiger partial charge in [-0.05, 0) is 62.2 Å². The van der Waals surface area contributed by atoms with Gasteiger partial charge in [0.2, 0.25) is 10.0 Å². The monoisotopic (exact) mass is 532 g/mol. The summed E-state index contributed by atoms with van der Waals surface area (Å²) in [7, 11) is -4.22. The summed E-state index contributed by atoms with van der Waals surface area (Å²) in [4.78, 5) is 12.5. The first kappa shape index (κ1) is 26.1. The SMILES string of the molecule is CC1(C)Oc2ccc(C(=O)NCCc3ccccc3)cc2[C@@H](NS(=O)(=O)c2ccc(F)c(Cl)c2)[C@@H]1O. The largest absolute Gasteiger partial charge is 0.485 e. The summed E-state index contributed by atoms with van der Waals surface area (Å²) in [5.74, 6) is -0.771. The van der Waals surface area contributed by atoms with Gasteiger partial charge in [-0.25, -0.2) is 17.5 Å². The van der Waals surface area contributed by atoms with Gasteiger partial charge >= 0.3 is 0 Å². The van der Waals surface area contributed by atoms with Gasteiger partial charge in [-0.2, -0.15) is 0 Å². The van der Waals surface area contributed by atoms with E-state index < -0.39 is 33.6 Å². The van der Waals surface area contributed by atoms with Gasteiger partial charge in [0.25, 0.3) is 5.91 Å². The predicted octanol–water partition coefficient (Wildman–Crippen LogP) is 4.00. The Morgan fingerprint density at radius 1 is 1.11 bits per heavy atom. The zero-order chi connectivity index (χ0) is 26.1. The molecule has 0 saturated carbocycles. The Hall–Kier alpha value is -2.98. The fraction of sp³-hybridized carbons (Fsp3) is 0.269. The highest BCUT2D eigenvalue weighted by molar-refractivity contribution is 7.89. The second kappa shape index (κ2) is 10.2. The molecule has 0 fully saturated rings. The summed E-state index contributed by atoms with van der Waals surface area (Å²) in [6, 6.07) is 16.2. The van der Waals surface area contributed by atoms with Crippen molar-refractivity contribution < 1.29 is 27.4 Å². The Balaban J connectivity index is 1.60. The molecule has 3 aromatic carbocycles. The van der Waals surface area contributed by atoms with Crippen molar-refractivity contribution in [3.63, 3.8) is 0 Å². The molecule has 0 unspecified atom stereocenters. The van der Waals surface area contributed by atoms with Crippen LogP contribution in [0.1, 0.15) is 41.4 Å². The summed E-state index contributed by atoms with van der Waals surface area (Å²) >= 11 is 5.77. The molecule has 10 heteroatoms. The van der Waals surface area contributed by atoms with Gasteiger partial charge in [-0.1, -0.05) is 41.9 Å². The molecule has 4 rings (SSSR count). The lowest BCUT2D eigenvalue weighted by Gasteiger charge is -2.42. The van der Waals surface area contributed by atoms with Crippen molar-refractivity contribution in [2.24, 2.45) is 0 Å². The summed E-state index contributed by atoms with van der Waals surface area (Å²) in [5, 5.41) is 13.5. The summed E-state index contributed by atoms with van der Waals surface area (Å²) in [6.07, 6.45) is -0.650. The van der Waals surface area contributed by atoms with E-state index in [-0.39, 0.29) is 21.4 Å². The number of carbonyl (C=O) groups excluding carboxylic acids is 1. The third kappa shape index (κ3) is 5.54. The molecule has 7 nitrogen and oxygen atoms in total. The minimum atomic E-state index is -4.22. The van der Waals surface area contributed by atoms with Gasteiger partial charge in [0.1, 0.15) is 23.3 Å². The third-order valence-corrected chi connectivity index (χ3v) is 7.76. The molecule has 3 aromatic rings. The Morgan fingerprint density at radius 2 is 1.83 bits per heavy atom. The molecule has 1 aliphatic rings. The molecule has 0 aliphatic carbocycles. The molecule has 36 heavy (non-hydrogen) atoms. The summed E-state index contributed by atoms with van der Waals surface area (Å²) < 4.78 is 48.2. The fourth-order valence-corrected chi connectivity index (χ4v) is 5.51. The molecule has 2 atom stereocenters. The highest BCUT2D eigenvalue weighted by Gasteiger charge is 2.45. The molecule has 1 amide bonds. The zero-order valence-corrected chi connectivity index (χ0v) is 21.2. The molecule has 0 bridgehead atoms. The number of sulfonamides is 1. The van der Waals surface area contributed by atoms with Gasteiger partial charge in [-0.3, -0.25) is 4.79 Å². The lowest BCUT2D eigenvalue weighted by Crippen LogP contribution is -2.53. The van der Waals surface area contributed by atoms with E-state index in [1.807, 2.05) is 30.3 Å². The molecular weight excluding hydrogens is 507 g/mol. The number of hydrogen-bond donors (Lipinski definition) is 3. The van der Waals surface area contributed by atoms with Crippen LogP contribution < -0.4 is 14.8 Å². The number of carbonyl (C=O) groups is 1. The normalized spacial score (nSPS) is 18.7. The minimum absolute atomic E-state index is 0.262. The average Bonchev–Trinajstić information content (AvgIpc) is 2.84. The zero-order valence-electron chi connectivity index (χ0n) is 19.7. The Labute approximate surface area is 214 Å². The summed E-state index contributed by atoms with van der Waals surface area (Å²) in [6.45, 7) is 3.66. The van der Waals surface area contributed by atoms with Crippen molar-refractivity contribution in [2.75, 3.05) is 6.54 Å². The van der Waals surface area contributed by atoms with Crippen molar-refractivity contribution >= 4 is 27.5 Å². The van der Waals surface area contributed by atoms with Crippen LogP contribution in [-0.2, 0) is 16.4 Å². The van der Waals surface area contributed by atoms with E-state index in [4.69, 9.17) is 16.3 Å². The topological polar surface area (TPSA) is 105 Å². The van der Waals surface area contributed by atoms with Gasteiger partial charge in [0, 0.05) is 17.7 Å². The van der Waals surface area contributed by atoms with Gasteiger partial charge in [0.05, 0.1) is 16.0 Å². The van der Waals surface area contributed by atoms with Gasteiger partial charge in [-0.15, -0.1) is 0 Å². The number of aliphatic hydroxyl groups is 1. The molecule has 190 valence electrons. The quantitative estimate of drug-likeness (QED) is 0.426. The number of rotatable bonds is 7. The van der Waals surface area contributed by atoms with Crippen molar-refractivity contribution in [1.82, 2.24) is 10.0 Å². The second-order valence-electron chi connectivity index (χ2n) is 9.07. The minimum Gasteiger partial charge on any atom is -0.485 e. The molecule has 0 saturated heterocycles.